The number of carbonyl (C=O) groups excluding carboxylic acids is 1. The van der Waals surface area contributed by atoms with E-state index in [0.29, 0.717) is 17.5 Å². The number of aliphatic hydroxyl groups is 1. The molecular weight excluding hydrogens is 456 g/mol. The van der Waals surface area contributed by atoms with E-state index in [1.807, 2.05) is 31.3 Å². The first-order chi connectivity index (χ1) is 17.5. The van der Waals surface area contributed by atoms with Gasteiger partial charge < -0.3 is 34.3 Å². The first-order valence-electron chi connectivity index (χ1n) is 12.4. The fraction of sp³-hybridized carbons (Fsp3) is 0.321. The van der Waals surface area contributed by atoms with Crippen LogP contribution < -0.4 is 10.6 Å². The van der Waals surface area contributed by atoms with Gasteiger partial charge in [-0.2, -0.15) is 0 Å². The van der Waals surface area contributed by atoms with Gasteiger partial charge in [0.15, 0.2) is 12.0 Å². The number of aromatic nitrogens is 2. The van der Waals surface area contributed by atoms with Gasteiger partial charge >= 0.3 is 0 Å². The number of ether oxygens (including phenoxy) is 2. The second-order valence-electron chi connectivity index (χ2n) is 10.3. The van der Waals surface area contributed by atoms with E-state index in [-0.39, 0.29) is 24.3 Å². The van der Waals surface area contributed by atoms with Crippen molar-refractivity contribution in [3.8, 4) is 0 Å². The van der Waals surface area contributed by atoms with Crippen LogP contribution in [0.1, 0.15) is 41.7 Å². The Labute approximate surface area is 206 Å². The average Bonchev–Trinajstić information content (AvgIpc) is 3.48. The third-order valence-electron chi connectivity index (χ3n) is 8.65. The molecule has 5 heterocycles. The van der Waals surface area contributed by atoms with E-state index in [1.54, 1.807) is 7.11 Å². The average molecular weight is 483 g/mol. The molecule has 2 aromatic heterocycles. The predicted molar refractivity (Wildman–Crippen MR) is 137 cm³/mol. The molecule has 0 aliphatic carbocycles. The van der Waals surface area contributed by atoms with E-state index >= 15 is 0 Å². The third-order valence-corrected chi connectivity index (χ3v) is 8.65. The molecule has 0 spiro atoms. The quantitative estimate of drug-likeness (QED) is 0.356. The van der Waals surface area contributed by atoms with Crippen LogP contribution in [-0.4, -0.2) is 46.5 Å². The summed E-state index contributed by atoms with van der Waals surface area (Å²) in [4.78, 5) is 13.4. The number of carbonyl (C=O) groups is 1. The summed E-state index contributed by atoms with van der Waals surface area (Å²) in [6.07, 6.45) is -0.941. The van der Waals surface area contributed by atoms with Gasteiger partial charge in [0.25, 0.3) is 5.91 Å². The van der Waals surface area contributed by atoms with Gasteiger partial charge in [0.2, 0.25) is 0 Å². The zero-order chi connectivity index (χ0) is 24.5. The number of amides is 1. The lowest BCUT2D eigenvalue weighted by Crippen LogP contribution is -2.59. The van der Waals surface area contributed by atoms with Crippen LogP contribution in [0.2, 0.25) is 0 Å². The highest BCUT2D eigenvalue weighted by Crippen LogP contribution is 2.54. The summed E-state index contributed by atoms with van der Waals surface area (Å²) >= 11 is 0. The number of likely N-dealkylation sites (N-methyl/N-ethyl adjacent to an activating group) is 1. The number of nitrogens with zero attached hydrogens (tertiary/aromatic N) is 2. The van der Waals surface area contributed by atoms with Crippen molar-refractivity contribution in [2.24, 2.45) is 0 Å². The van der Waals surface area contributed by atoms with Gasteiger partial charge in [0.05, 0.1) is 27.6 Å². The van der Waals surface area contributed by atoms with Crippen molar-refractivity contribution < 1.29 is 19.4 Å². The lowest BCUT2D eigenvalue weighted by molar-refractivity contribution is -0.256. The second kappa shape index (κ2) is 6.66. The Balaban J connectivity index is 1.73. The molecule has 182 valence electrons. The Kier molecular flexibility index (Phi) is 3.83. The van der Waals surface area contributed by atoms with E-state index < -0.39 is 12.0 Å². The smallest absolute Gasteiger partial charge is 0.254 e. The maximum atomic E-state index is 13.4. The van der Waals surface area contributed by atoms with Gasteiger partial charge in [-0.3, -0.25) is 4.79 Å². The first kappa shape index (κ1) is 20.7. The maximum absolute atomic E-state index is 13.4. The van der Waals surface area contributed by atoms with Crippen LogP contribution >= 0.6 is 0 Å². The standard InChI is InChI=1S/C28H26N4O4/c1-28-25(35-3)15(29-2)12-18(36-28)31-16-10-6-4-8-13(16)19-21-22(27(34)30-26(21)33)20-14-9-5-7-11-17(14)32(28)24(20)23(19)31/h4-11,15,18,25,27,29,34H,12H2,1-3H3,(H,30,33)/t15-,18+,25+,27-,28+/m1/s1. The molecule has 8 nitrogen and oxygen atoms in total. The van der Waals surface area contributed by atoms with Gasteiger partial charge in [0, 0.05) is 46.7 Å². The third kappa shape index (κ3) is 2.15. The zero-order valence-corrected chi connectivity index (χ0v) is 20.2. The van der Waals surface area contributed by atoms with Crippen LogP contribution in [0.25, 0.3) is 43.6 Å². The number of benzene rings is 3. The maximum Gasteiger partial charge on any atom is 0.254 e. The summed E-state index contributed by atoms with van der Waals surface area (Å²) in [5, 5.41) is 21.1. The van der Waals surface area contributed by atoms with Crippen molar-refractivity contribution in [2.75, 3.05) is 14.2 Å². The Hall–Kier alpha value is -3.43. The highest BCUT2D eigenvalue weighted by Gasteiger charge is 2.53. The molecule has 2 bridgehead atoms. The first-order valence-corrected chi connectivity index (χ1v) is 12.4. The molecule has 5 aromatic rings. The summed E-state index contributed by atoms with van der Waals surface area (Å²) < 4.78 is 17.7. The molecule has 1 fully saturated rings. The Morgan fingerprint density at radius 3 is 2.50 bits per heavy atom. The number of methoxy groups -OCH3 is 1. The molecule has 36 heavy (non-hydrogen) atoms. The van der Waals surface area contributed by atoms with Crippen LogP contribution in [-0.2, 0) is 15.2 Å². The number of para-hydroxylation sites is 2. The second-order valence-corrected chi connectivity index (χ2v) is 10.3. The fourth-order valence-corrected chi connectivity index (χ4v) is 7.38. The lowest BCUT2D eigenvalue weighted by Gasteiger charge is -2.48. The van der Waals surface area contributed by atoms with Gasteiger partial charge in [-0.25, -0.2) is 0 Å². The summed E-state index contributed by atoms with van der Waals surface area (Å²) in [7, 11) is 3.70. The Morgan fingerprint density at radius 1 is 1.08 bits per heavy atom. The minimum atomic E-state index is -1.09. The monoisotopic (exact) mass is 482 g/mol. The van der Waals surface area contributed by atoms with E-state index in [9.17, 15) is 9.90 Å². The topological polar surface area (TPSA) is 89.7 Å². The molecule has 3 aliphatic rings. The Morgan fingerprint density at radius 2 is 1.78 bits per heavy atom. The van der Waals surface area contributed by atoms with Crippen molar-refractivity contribution in [3.05, 3.63) is 59.7 Å². The minimum absolute atomic E-state index is 0.0289. The van der Waals surface area contributed by atoms with Crippen molar-refractivity contribution in [1.82, 2.24) is 19.8 Å². The van der Waals surface area contributed by atoms with Gasteiger partial charge in [-0.05, 0) is 26.1 Å². The van der Waals surface area contributed by atoms with Crippen LogP contribution in [0.4, 0.5) is 0 Å². The van der Waals surface area contributed by atoms with Crippen LogP contribution in [0.15, 0.2) is 48.5 Å². The number of hydrogen-bond donors (Lipinski definition) is 3. The van der Waals surface area contributed by atoms with Crippen molar-refractivity contribution >= 4 is 49.5 Å². The van der Waals surface area contributed by atoms with E-state index in [2.05, 4.69) is 51.0 Å². The number of aliphatic hydroxyl groups excluding tert-OH is 1. The van der Waals surface area contributed by atoms with Gasteiger partial charge in [-0.1, -0.05) is 36.4 Å². The molecule has 8 heteroatoms. The number of rotatable bonds is 2. The molecule has 0 saturated carbocycles. The highest BCUT2D eigenvalue weighted by atomic mass is 16.6. The highest BCUT2D eigenvalue weighted by molar-refractivity contribution is 6.31. The Bertz CT molecular complexity index is 1790. The largest absolute Gasteiger partial charge is 0.375 e. The van der Waals surface area contributed by atoms with E-state index in [4.69, 9.17) is 9.47 Å². The zero-order valence-electron chi connectivity index (χ0n) is 20.2. The number of fused-ring (bicyclic) bond motifs is 13. The van der Waals surface area contributed by atoms with E-state index in [1.165, 1.54) is 0 Å². The SMILES string of the molecule is CN[C@@H]1C[C@@H]2O[C@@](C)([C@H]1OC)n1c3ccccc3c3c4c(c5c6ccccc6n2c5c31)C(=O)N[C@@H]4O. The molecule has 3 N–H and O–H groups in total. The van der Waals surface area contributed by atoms with Crippen molar-refractivity contribution in [1.29, 1.82) is 0 Å². The summed E-state index contributed by atoms with van der Waals surface area (Å²) in [5.74, 6) is -0.249. The normalized spacial score (nSPS) is 28.9. The molecule has 1 amide bonds. The predicted octanol–water partition coefficient (Wildman–Crippen LogP) is 3.84. The van der Waals surface area contributed by atoms with Crippen molar-refractivity contribution in [2.45, 2.75) is 43.7 Å². The molecule has 0 radical (unpaired) electrons. The van der Waals surface area contributed by atoms with E-state index in [0.717, 1.165) is 43.6 Å². The molecule has 1 saturated heterocycles. The van der Waals surface area contributed by atoms with Crippen LogP contribution in [0, 0.1) is 0 Å². The molecular formula is C28H26N4O4. The summed E-state index contributed by atoms with van der Waals surface area (Å²) in [6, 6.07) is 16.4. The van der Waals surface area contributed by atoms with Crippen molar-refractivity contribution in [3.63, 3.8) is 0 Å². The lowest BCUT2D eigenvalue weighted by atomic mass is 9.93. The minimum Gasteiger partial charge on any atom is -0.375 e. The molecule has 5 atom stereocenters. The fourth-order valence-electron chi connectivity index (χ4n) is 7.38. The molecule has 3 aliphatic heterocycles. The molecule has 3 aromatic carbocycles. The molecule has 0 unspecified atom stereocenters. The van der Waals surface area contributed by atoms with Gasteiger partial charge in [-0.15, -0.1) is 0 Å². The summed E-state index contributed by atoms with van der Waals surface area (Å²) in [6.45, 7) is 2.09. The number of nitrogens with one attached hydrogen (secondary N) is 2. The van der Waals surface area contributed by atoms with Crippen LogP contribution in [0.5, 0.6) is 0 Å². The molecule has 8 rings (SSSR count). The van der Waals surface area contributed by atoms with Gasteiger partial charge in [0.1, 0.15) is 12.3 Å². The number of hydrogen-bond acceptors (Lipinski definition) is 5. The summed E-state index contributed by atoms with van der Waals surface area (Å²) in [5.41, 5.74) is 4.25. The van der Waals surface area contributed by atoms with Crippen LogP contribution in [0.3, 0.4) is 0 Å².